The number of aromatic hydroxyl groups is 1. The van der Waals surface area contributed by atoms with Gasteiger partial charge in [-0.25, -0.2) is 0 Å². The third kappa shape index (κ3) is 2.37. The van der Waals surface area contributed by atoms with E-state index in [0.29, 0.717) is 11.6 Å². The Morgan fingerprint density at radius 1 is 1.16 bits per heavy atom. The molecule has 0 aliphatic heterocycles. The van der Waals surface area contributed by atoms with Gasteiger partial charge in [0.25, 0.3) is 0 Å². The Balaban J connectivity index is 1.82. The Morgan fingerprint density at radius 3 is 2.89 bits per heavy atom. The van der Waals surface area contributed by atoms with Crippen LogP contribution in [-0.4, -0.2) is 10.1 Å². The van der Waals surface area contributed by atoms with Crippen LogP contribution in [0.2, 0.25) is 5.02 Å². The number of hydrogen-bond donors (Lipinski definition) is 3. The number of nitrogens with one attached hydrogen (secondary N) is 2. The fraction of sp³-hybridized carbons (Fsp3) is 0.0667. The highest BCUT2D eigenvalue weighted by molar-refractivity contribution is 6.32. The van der Waals surface area contributed by atoms with Gasteiger partial charge in [-0.2, -0.15) is 0 Å². The third-order valence-corrected chi connectivity index (χ3v) is 3.42. The van der Waals surface area contributed by atoms with E-state index in [2.05, 4.69) is 28.5 Å². The van der Waals surface area contributed by atoms with Crippen LogP contribution in [0.5, 0.6) is 5.75 Å². The van der Waals surface area contributed by atoms with E-state index >= 15 is 0 Å². The van der Waals surface area contributed by atoms with E-state index in [1.807, 2.05) is 12.3 Å². The van der Waals surface area contributed by atoms with Crippen LogP contribution in [0.25, 0.3) is 10.9 Å². The molecule has 1 aromatic heterocycles. The first-order chi connectivity index (χ1) is 9.24. The largest absolute Gasteiger partial charge is 0.506 e. The molecule has 0 aliphatic rings. The van der Waals surface area contributed by atoms with Crippen molar-refractivity contribution in [3.05, 3.63) is 59.2 Å². The number of fused-ring (bicyclic) bond motifs is 1. The maximum atomic E-state index is 9.38. The molecule has 0 spiro atoms. The molecule has 0 atom stereocenters. The predicted octanol–water partition coefficient (Wildman–Crippen LogP) is 4.14. The molecule has 3 nitrogen and oxygen atoms in total. The lowest BCUT2D eigenvalue weighted by atomic mass is 10.1. The predicted molar refractivity (Wildman–Crippen MR) is 78.7 cm³/mol. The molecule has 0 amide bonds. The van der Waals surface area contributed by atoms with Gasteiger partial charge in [-0.05, 0) is 35.9 Å². The molecule has 2 aromatic carbocycles. The Hall–Kier alpha value is -2.13. The first kappa shape index (κ1) is 11.9. The van der Waals surface area contributed by atoms with Crippen molar-refractivity contribution in [3.8, 4) is 5.75 Å². The molecule has 0 unspecified atom stereocenters. The van der Waals surface area contributed by atoms with Crippen molar-refractivity contribution in [3.63, 3.8) is 0 Å². The van der Waals surface area contributed by atoms with Crippen molar-refractivity contribution >= 4 is 28.2 Å². The van der Waals surface area contributed by atoms with Gasteiger partial charge in [0, 0.05) is 29.3 Å². The SMILES string of the molecule is Oc1ccc(NCc2cccc3[nH]ccc23)cc1Cl. The molecule has 1 heterocycles. The van der Waals surface area contributed by atoms with Gasteiger partial charge in [-0.1, -0.05) is 23.7 Å². The van der Waals surface area contributed by atoms with Crippen molar-refractivity contribution < 1.29 is 5.11 Å². The van der Waals surface area contributed by atoms with Gasteiger partial charge in [0.05, 0.1) is 5.02 Å². The molecule has 19 heavy (non-hydrogen) atoms. The summed E-state index contributed by atoms with van der Waals surface area (Å²) >= 11 is 5.88. The first-order valence-corrected chi connectivity index (χ1v) is 6.39. The maximum absolute atomic E-state index is 9.38. The second kappa shape index (κ2) is 4.86. The van der Waals surface area contributed by atoms with Crippen LogP contribution < -0.4 is 5.32 Å². The number of halogens is 1. The molecule has 3 N–H and O–H groups in total. The van der Waals surface area contributed by atoms with E-state index in [1.54, 1.807) is 18.2 Å². The van der Waals surface area contributed by atoms with Gasteiger partial charge >= 0.3 is 0 Å². The van der Waals surface area contributed by atoms with E-state index in [0.717, 1.165) is 11.2 Å². The van der Waals surface area contributed by atoms with E-state index in [4.69, 9.17) is 11.6 Å². The molecule has 0 fully saturated rings. The average Bonchev–Trinajstić information content (AvgIpc) is 2.89. The van der Waals surface area contributed by atoms with Gasteiger partial charge in [-0.15, -0.1) is 0 Å². The highest BCUT2D eigenvalue weighted by Gasteiger charge is 2.03. The Labute approximate surface area is 115 Å². The minimum atomic E-state index is 0.0972. The highest BCUT2D eigenvalue weighted by atomic mass is 35.5. The third-order valence-electron chi connectivity index (χ3n) is 3.12. The number of anilines is 1. The number of rotatable bonds is 3. The first-order valence-electron chi connectivity index (χ1n) is 6.01. The normalized spacial score (nSPS) is 10.8. The summed E-state index contributed by atoms with van der Waals surface area (Å²) in [6, 6.07) is 13.3. The van der Waals surface area contributed by atoms with Crippen molar-refractivity contribution in [2.75, 3.05) is 5.32 Å². The Morgan fingerprint density at radius 2 is 2.05 bits per heavy atom. The van der Waals surface area contributed by atoms with Gasteiger partial charge in [0.1, 0.15) is 5.75 Å². The molecule has 0 bridgehead atoms. The summed E-state index contributed by atoms with van der Waals surface area (Å²) in [6.07, 6.45) is 1.94. The van der Waals surface area contributed by atoms with Crippen LogP contribution in [0, 0.1) is 0 Å². The van der Waals surface area contributed by atoms with Gasteiger partial charge in [-0.3, -0.25) is 0 Å². The van der Waals surface area contributed by atoms with Crippen LogP contribution >= 0.6 is 11.6 Å². The van der Waals surface area contributed by atoms with E-state index in [1.165, 1.54) is 10.9 Å². The van der Waals surface area contributed by atoms with Crippen molar-refractivity contribution in [1.29, 1.82) is 0 Å². The molecular formula is C15H13ClN2O. The highest BCUT2D eigenvalue weighted by Crippen LogP contribution is 2.26. The topological polar surface area (TPSA) is 48.0 Å². The molecule has 0 saturated heterocycles. The average molecular weight is 273 g/mol. The fourth-order valence-corrected chi connectivity index (χ4v) is 2.30. The Bertz CT molecular complexity index is 721. The number of phenols is 1. The van der Waals surface area contributed by atoms with Crippen LogP contribution in [0.15, 0.2) is 48.7 Å². The lowest BCUT2D eigenvalue weighted by Crippen LogP contribution is -1.99. The standard InChI is InChI=1S/C15H13ClN2O/c16-13-8-11(4-5-15(13)19)18-9-10-2-1-3-14-12(10)6-7-17-14/h1-8,17-19H,9H2. The maximum Gasteiger partial charge on any atom is 0.134 e. The number of phenolic OH excluding ortho intramolecular Hbond substituents is 1. The van der Waals surface area contributed by atoms with Gasteiger partial charge in [0.2, 0.25) is 0 Å². The summed E-state index contributed by atoms with van der Waals surface area (Å²) in [5.74, 6) is 0.0972. The number of benzene rings is 2. The number of hydrogen-bond acceptors (Lipinski definition) is 2. The van der Waals surface area contributed by atoms with Crippen molar-refractivity contribution in [2.45, 2.75) is 6.54 Å². The van der Waals surface area contributed by atoms with E-state index in [-0.39, 0.29) is 5.75 Å². The molecular weight excluding hydrogens is 260 g/mol. The summed E-state index contributed by atoms with van der Waals surface area (Å²) in [7, 11) is 0. The smallest absolute Gasteiger partial charge is 0.134 e. The zero-order chi connectivity index (χ0) is 13.2. The van der Waals surface area contributed by atoms with E-state index in [9.17, 15) is 5.11 Å². The number of aromatic nitrogens is 1. The fourth-order valence-electron chi connectivity index (χ4n) is 2.12. The van der Waals surface area contributed by atoms with Crippen molar-refractivity contribution in [2.24, 2.45) is 0 Å². The minimum Gasteiger partial charge on any atom is -0.506 e. The Kier molecular flexibility index (Phi) is 3.05. The second-order valence-corrected chi connectivity index (χ2v) is 4.78. The molecule has 0 saturated carbocycles. The lowest BCUT2D eigenvalue weighted by molar-refractivity contribution is 0.475. The number of aromatic amines is 1. The summed E-state index contributed by atoms with van der Waals surface area (Å²) in [5, 5.41) is 14.2. The van der Waals surface area contributed by atoms with E-state index < -0.39 is 0 Å². The van der Waals surface area contributed by atoms with Gasteiger partial charge in [0.15, 0.2) is 0 Å². The summed E-state index contributed by atoms with van der Waals surface area (Å²) in [5.41, 5.74) is 3.22. The molecule has 3 rings (SSSR count). The minimum absolute atomic E-state index is 0.0972. The lowest BCUT2D eigenvalue weighted by Gasteiger charge is -2.08. The summed E-state index contributed by atoms with van der Waals surface area (Å²) in [4.78, 5) is 3.19. The van der Waals surface area contributed by atoms with Crippen LogP contribution in [0.3, 0.4) is 0 Å². The van der Waals surface area contributed by atoms with Gasteiger partial charge < -0.3 is 15.4 Å². The van der Waals surface area contributed by atoms with Crippen LogP contribution in [0.1, 0.15) is 5.56 Å². The summed E-state index contributed by atoms with van der Waals surface area (Å²) in [6.45, 7) is 0.705. The molecule has 3 aromatic rings. The second-order valence-electron chi connectivity index (χ2n) is 4.38. The quantitative estimate of drug-likeness (QED) is 0.628. The molecule has 0 radical (unpaired) electrons. The monoisotopic (exact) mass is 272 g/mol. The molecule has 96 valence electrons. The zero-order valence-corrected chi connectivity index (χ0v) is 10.9. The zero-order valence-electron chi connectivity index (χ0n) is 10.2. The van der Waals surface area contributed by atoms with Crippen LogP contribution in [0.4, 0.5) is 5.69 Å². The summed E-state index contributed by atoms with van der Waals surface area (Å²) < 4.78 is 0. The van der Waals surface area contributed by atoms with Crippen LogP contribution in [-0.2, 0) is 6.54 Å². The van der Waals surface area contributed by atoms with Crippen molar-refractivity contribution in [1.82, 2.24) is 4.98 Å². The number of H-pyrrole nitrogens is 1. The molecule has 0 aliphatic carbocycles. The molecule has 4 heteroatoms.